The Morgan fingerprint density at radius 2 is 1.93 bits per heavy atom. The molecule has 1 aromatic carbocycles. The topological polar surface area (TPSA) is 55.3 Å². The minimum Gasteiger partial charge on any atom is -0.497 e. The molecular weight excluding hydrogens is 338 g/mol. The molecule has 5 heteroatoms. The number of piperidine rings is 1. The third-order valence-electron chi connectivity index (χ3n) is 6.24. The van der Waals surface area contributed by atoms with Gasteiger partial charge in [0.15, 0.2) is 0 Å². The van der Waals surface area contributed by atoms with Gasteiger partial charge in [0, 0.05) is 30.9 Å². The van der Waals surface area contributed by atoms with Gasteiger partial charge in [0.1, 0.15) is 12.1 Å². The molecule has 1 aromatic heterocycles. The van der Waals surface area contributed by atoms with Gasteiger partial charge in [0.05, 0.1) is 12.5 Å². The van der Waals surface area contributed by atoms with Crippen LogP contribution in [0.2, 0.25) is 0 Å². The average Bonchev–Trinajstić information content (AvgIpc) is 3.25. The number of hydrogen-bond acceptors (Lipinski definition) is 4. The number of hydrogen-bond donors (Lipinski definition) is 0. The second-order valence-corrected chi connectivity index (χ2v) is 7.74. The van der Waals surface area contributed by atoms with E-state index in [9.17, 15) is 4.79 Å². The summed E-state index contributed by atoms with van der Waals surface area (Å²) in [7, 11) is 1.67. The number of carbonyl (C=O) groups excluding carboxylic acids is 1. The van der Waals surface area contributed by atoms with Crippen molar-refractivity contribution in [3.8, 4) is 5.75 Å². The van der Waals surface area contributed by atoms with Gasteiger partial charge in [-0.1, -0.05) is 25.0 Å². The number of likely N-dealkylation sites (tertiary alicyclic amines) is 1. The number of nitrogens with zero attached hydrogens (tertiary/aromatic N) is 3. The molecule has 2 heterocycles. The molecule has 0 bridgehead atoms. The van der Waals surface area contributed by atoms with Crippen LogP contribution in [0.4, 0.5) is 0 Å². The largest absolute Gasteiger partial charge is 0.497 e. The first-order valence-electron chi connectivity index (χ1n) is 9.93. The van der Waals surface area contributed by atoms with E-state index in [1.807, 2.05) is 18.2 Å². The molecule has 1 saturated carbocycles. The number of amides is 1. The van der Waals surface area contributed by atoms with Gasteiger partial charge in [-0.3, -0.25) is 4.79 Å². The fourth-order valence-electron chi connectivity index (χ4n) is 4.76. The van der Waals surface area contributed by atoms with E-state index >= 15 is 0 Å². The van der Waals surface area contributed by atoms with Crippen LogP contribution in [0.5, 0.6) is 5.75 Å². The fourth-order valence-corrected chi connectivity index (χ4v) is 4.76. The van der Waals surface area contributed by atoms with E-state index in [1.165, 1.54) is 0 Å². The van der Waals surface area contributed by atoms with Gasteiger partial charge in [-0.2, -0.15) is 0 Å². The Hall–Kier alpha value is -2.43. The van der Waals surface area contributed by atoms with Crippen LogP contribution in [0.25, 0.3) is 0 Å². The quantitative estimate of drug-likeness (QED) is 0.829. The van der Waals surface area contributed by atoms with Gasteiger partial charge in [-0.25, -0.2) is 9.97 Å². The maximum absolute atomic E-state index is 13.7. The Morgan fingerprint density at radius 3 is 2.59 bits per heavy atom. The molecule has 0 spiro atoms. The standard InChI is InChI=1S/C22H27N3O2/c1-27-19-8-6-18(7-9-19)22(11-2-3-12-22)21(26)25-14-4-5-17(15-25)20-10-13-23-16-24-20/h6-10,13,16-17H,2-5,11-12,14-15H2,1H3. The Labute approximate surface area is 160 Å². The Kier molecular flexibility index (Phi) is 5.10. The summed E-state index contributed by atoms with van der Waals surface area (Å²) in [6.07, 6.45) is 9.60. The number of methoxy groups -OCH3 is 1. The van der Waals surface area contributed by atoms with E-state index in [0.717, 1.165) is 68.6 Å². The van der Waals surface area contributed by atoms with Crippen molar-refractivity contribution in [2.75, 3.05) is 20.2 Å². The van der Waals surface area contributed by atoms with Crippen LogP contribution < -0.4 is 4.74 Å². The van der Waals surface area contributed by atoms with Crippen molar-refractivity contribution in [3.05, 3.63) is 54.1 Å². The van der Waals surface area contributed by atoms with Crippen LogP contribution >= 0.6 is 0 Å². The molecule has 27 heavy (non-hydrogen) atoms. The zero-order valence-corrected chi connectivity index (χ0v) is 15.9. The van der Waals surface area contributed by atoms with Crippen molar-refractivity contribution >= 4 is 5.91 Å². The van der Waals surface area contributed by atoms with Crippen molar-refractivity contribution in [1.82, 2.24) is 14.9 Å². The van der Waals surface area contributed by atoms with Gasteiger partial charge in [0.25, 0.3) is 0 Å². The summed E-state index contributed by atoms with van der Waals surface area (Å²) in [6.45, 7) is 1.60. The van der Waals surface area contributed by atoms with Crippen LogP contribution in [0.15, 0.2) is 42.9 Å². The zero-order valence-electron chi connectivity index (χ0n) is 15.9. The maximum atomic E-state index is 13.7. The minimum atomic E-state index is -0.375. The minimum absolute atomic E-state index is 0.295. The molecule has 2 fully saturated rings. The molecule has 2 aliphatic rings. The molecule has 1 unspecified atom stereocenters. The molecule has 142 valence electrons. The van der Waals surface area contributed by atoms with Crippen molar-refractivity contribution in [1.29, 1.82) is 0 Å². The lowest BCUT2D eigenvalue weighted by molar-refractivity contribution is -0.138. The molecule has 0 N–H and O–H groups in total. The van der Waals surface area contributed by atoms with Crippen LogP contribution in [0.3, 0.4) is 0 Å². The molecule has 0 radical (unpaired) electrons. The Balaban J connectivity index is 1.58. The molecule has 1 amide bonds. The molecule has 5 nitrogen and oxygen atoms in total. The van der Waals surface area contributed by atoms with E-state index in [2.05, 4.69) is 27.0 Å². The highest BCUT2D eigenvalue weighted by atomic mass is 16.5. The number of carbonyl (C=O) groups is 1. The summed E-state index contributed by atoms with van der Waals surface area (Å²) < 4.78 is 5.30. The highest BCUT2D eigenvalue weighted by molar-refractivity contribution is 5.89. The molecule has 1 aliphatic heterocycles. The fraction of sp³-hybridized carbons (Fsp3) is 0.500. The Bertz CT molecular complexity index is 770. The van der Waals surface area contributed by atoms with Crippen LogP contribution in [0, 0.1) is 0 Å². The first kappa shape index (κ1) is 18.0. The van der Waals surface area contributed by atoms with Gasteiger partial charge in [-0.15, -0.1) is 0 Å². The van der Waals surface area contributed by atoms with Gasteiger partial charge < -0.3 is 9.64 Å². The van der Waals surface area contributed by atoms with Gasteiger partial charge in [0.2, 0.25) is 5.91 Å². The van der Waals surface area contributed by atoms with E-state index < -0.39 is 0 Å². The van der Waals surface area contributed by atoms with Crippen molar-refractivity contribution in [2.45, 2.75) is 49.9 Å². The summed E-state index contributed by atoms with van der Waals surface area (Å²) in [5.41, 5.74) is 1.81. The maximum Gasteiger partial charge on any atom is 0.233 e. The smallest absolute Gasteiger partial charge is 0.233 e. The Morgan fingerprint density at radius 1 is 1.15 bits per heavy atom. The van der Waals surface area contributed by atoms with Crippen LogP contribution in [-0.2, 0) is 10.2 Å². The van der Waals surface area contributed by atoms with Crippen LogP contribution in [-0.4, -0.2) is 41.0 Å². The summed E-state index contributed by atoms with van der Waals surface area (Å²) in [5, 5.41) is 0. The summed E-state index contributed by atoms with van der Waals surface area (Å²) >= 11 is 0. The molecule has 4 rings (SSSR count). The molecule has 1 atom stereocenters. The third kappa shape index (κ3) is 3.43. The van der Waals surface area contributed by atoms with Gasteiger partial charge >= 0.3 is 0 Å². The number of aromatic nitrogens is 2. The van der Waals surface area contributed by atoms with Gasteiger partial charge in [-0.05, 0) is 49.4 Å². The first-order valence-corrected chi connectivity index (χ1v) is 9.93. The number of ether oxygens (including phenoxy) is 1. The molecule has 2 aromatic rings. The number of benzene rings is 1. The predicted molar refractivity (Wildman–Crippen MR) is 104 cm³/mol. The third-order valence-corrected chi connectivity index (χ3v) is 6.24. The molecule has 1 aliphatic carbocycles. The first-order chi connectivity index (χ1) is 13.2. The SMILES string of the molecule is COc1ccc(C2(C(=O)N3CCCC(c4ccncn4)C3)CCCC2)cc1. The highest BCUT2D eigenvalue weighted by Crippen LogP contribution is 2.44. The van der Waals surface area contributed by atoms with E-state index in [0.29, 0.717) is 11.8 Å². The predicted octanol–water partition coefficient (Wildman–Crippen LogP) is 3.70. The average molecular weight is 365 g/mol. The van der Waals surface area contributed by atoms with Crippen LogP contribution in [0.1, 0.15) is 55.7 Å². The summed E-state index contributed by atoms with van der Waals surface area (Å²) in [6, 6.07) is 10.1. The lowest BCUT2D eigenvalue weighted by Gasteiger charge is -2.39. The normalized spacial score (nSPS) is 21.8. The zero-order chi connectivity index (χ0) is 18.7. The van der Waals surface area contributed by atoms with E-state index in [4.69, 9.17) is 4.74 Å². The van der Waals surface area contributed by atoms with Crippen molar-refractivity contribution in [2.24, 2.45) is 0 Å². The molecular formula is C22H27N3O2. The lowest BCUT2D eigenvalue weighted by atomic mass is 9.76. The van der Waals surface area contributed by atoms with Crippen molar-refractivity contribution in [3.63, 3.8) is 0 Å². The summed E-state index contributed by atoms with van der Waals surface area (Å²) in [5.74, 6) is 1.44. The highest BCUT2D eigenvalue weighted by Gasteiger charge is 2.45. The van der Waals surface area contributed by atoms with E-state index in [-0.39, 0.29) is 5.41 Å². The molecule has 1 saturated heterocycles. The van der Waals surface area contributed by atoms with E-state index in [1.54, 1.807) is 19.6 Å². The lowest BCUT2D eigenvalue weighted by Crippen LogP contribution is -2.49. The van der Waals surface area contributed by atoms with Crippen molar-refractivity contribution < 1.29 is 9.53 Å². The second-order valence-electron chi connectivity index (χ2n) is 7.74. The number of rotatable bonds is 4. The summed E-state index contributed by atoms with van der Waals surface area (Å²) in [4.78, 5) is 24.3. The monoisotopic (exact) mass is 365 g/mol. The second kappa shape index (κ2) is 7.67.